The van der Waals surface area contributed by atoms with Crippen molar-refractivity contribution in [2.45, 2.75) is 48.2 Å². The van der Waals surface area contributed by atoms with E-state index in [1.54, 1.807) is 18.0 Å². The molecule has 3 aliphatic rings. The molecule has 3 aliphatic heterocycles. The highest BCUT2D eigenvalue weighted by molar-refractivity contribution is 7.99. The van der Waals surface area contributed by atoms with E-state index in [1.165, 1.54) is 0 Å². The van der Waals surface area contributed by atoms with Gasteiger partial charge in [-0.1, -0.05) is 23.4 Å². The Morgan fingerprint density at radius 1 is 1.12 bits per heavy atom. The van der Waals surface area contributed by atoms with Crippen LogP contribution in [0.15, 0.2) is 40.6 Å². The average Bonchev–Trinajstić information content (AvgIpc) is 3.42. The number of anilines is 2. The predicted octanol–water partition coefficient (Wildman–Crippen LogP) is 3.51. The largest absolute Gasteiger partial charge is 0.389 e. The summed E-state index contributed by atoms with van der Waals surface area (Å²) >= 11 is 8.23. The molecular formula is C23H27ClN6O2S. The molecule has 0 aliphatic carbocycles. The van der Waals surface area contributed by atoms with E-state index >= 15 is 0 Å². The van der Waals surface area contributed by atoms with Gasteiger partial charge in [0.2, 0.25) is 5.95 Å². The molecule has 8 nitrogen and oxygen atoms in total. The SMILES string of the molecule is C[C@H]1CC2(CCN(c3ncc(Sc4ccnc(N5CC(O)C5)c4Cl)c4nccn34)CC2)CO1. The van der Waals surface area contributed by atoms with Gasteiger partial charge in [0.15, 0.2) is 5.65 Å². The molecule has 33 heavy (non-hydrogen) atoms. The van der Waals surface area contributed by atoms with Crippen molar-refractivity contribution in [3.8, 4) is 0 Å². The van der Waals surface area contributed by atoms with Gasteiger partial charge in [-0.2, -0.15) is 0 Å². The fraction of sp³-hybridized carbons (Fsp3) is 0.522. The van der Waals surface area contributed by atoms with E-state index in [1.807, 2.05) is 29.6 Å². The van der Waals surface area contributed by atoms with E-state index < -0.39 is 0 Å². The monoisotopic (exact) mass is 486 g/mol. The number of fused-ring (bicyclic) bond motifs is 1. The van der Waals surface area contributed by atoms with Crippen LogP contribution >= 0.6 is 23.4 Å². The molecule has 1 spiro atoms. The lowest BCUT2D eigenvalue weighted by Crippen LogP contribution is -2.51. The lowest BCUT2D eigenvalue weighted by atomic mass is 9.77. The molecule has 1 atom stereocenters. The van der Waals surface area contributed by atoms with Crippen LogP contribution in [0.5, 0.6) is 0 Å². The number of pyridine rings is 1. The number of hydrogen-bond donors (Lipinski definition) is 1. The first-order valence-electron chi connectivity index (χ1n) is 11.5. The standard InChI is InChI=1S/C23H27ClN6O2S/c1-15-10-23(14-32-15)3-7-28(8-4-23)22-27-11-18(20-26-6-9-30(20)22)33-17-2-5-25-21(19(17)24)29-12-16(31)13-29/h2,5-6,9,11,15-16,31H,3-4,7-8,10,12-14H2,1H3/t15-/m0/s1. The first kappa shape index (κ1) is 21.5. The summed E-state index contributed by atoms with van der Waals surface area (Å²) in [6.45, 7) is 6.14. The number of halogens is 1. The highest BCUT2D eigenvalue weighted by Crippen LogP contribution is 2.43. The molecule has 0 amide bonds. The molecule has 0 aromatic carbocycles. The molecule has 174 valence electrons. The average molecular weight is 487 g/mol. The summed E-state index contributed by atoms with van der Waals surface area (Å²) in [4.78, 5) is 20.1. The number of rotatable bonds is 4. The summed E-state index contributed by atoms with van der Waals surface area (Å²) in [5.41, 5.74) is 1.21. The molecule has 3 saturated heterocycles. The lowest BCUT2D eigenvalue weighted by Gasteiger charge is -2.39. The van der Waals surface area contributed by atoms with Crippen molar-refractivity contribution >= 4 is 40.8 Å². The third kappa shape index (κ3) is 3.84. The van der Waals surface area contributed by atoms with Gasteiger partial charge in [0.05, 0.1) is 28.7 Å². The van der Waals surface area contributed by atoms with Crippen LogP contribution < -0.4 is 9.80 Å². The van der Waals surface area contributed by atoms with Gasteiger partial charge in [0.25, 0.3) is 0 Å². The minimum atomic E-state index is -0.310. The number of aliphatic hydroxyl groups is 1. The summed E-state index contributed by atoms with van der Waals surface area (Å²) in [6, 6.07) is 1.91. The van der Waals surface area contributed by atoms with Gasteiger partial charge in [-0.3, -0.25) is 4.40 Å². The minimum Gasteiger partial charge on any atom is -0.389 e. The van der Waals surface area contributed by atoms with E-state index in [0.29, 0.717) is 35.4 Å². The molecule has 0 bridgehead atoms. The summed E-state index contributed by atoms with van der Waals surface area (Å²) in [5, 5.41) is 10.2. The Bertz CT molecular complexity index is 1170. The van der Waals surface area contributed by atoms with Crippen LogP contribution in [0, 0.1) is 5.41 Å². The fourth-order valence-corrected chi connectivity index (χ4v) is 6.47. The van der Waals surface area contributed by atoms with Gasteiger partial charge in [-0.05, 0) is 37.7 Å². The maximum atomic E-state index is 9.63. The number of ether oxygens (including phenoxy) is 1. The van der Waals surface area contributed by atoms with Gasteiger partial charge >= 0.3 is 0 Å². The normalized spacial score (nSPS) is 22.9. The molecule has 10 heteroatoms. The molecule has 3 fully saturated rings. The molecular weight excluding hydrogens is 460 g/mol. The Hall–Kier alpha value is -2.07. The molecule has 1 N–H and O–H groups in total. The van der Waals surface area contributed by atoms with E-state index in [-0.39, 0.29) is 6.10 Å². The van der Waals surface area contributed by atoms with Crippen molar-refractivity contribution in [3.63, 3.8) is 0 Å². The summed E-state index contributed by atoms with van der Waals surface area (Å²) in [6.07, 6.45) is 11.0. The molecule has 0 saturated carbocycles. The van der Waals surface area contributed by atoms with Crippen molar-refractivity contribution in [3.05, 3.63) is 35.9 Å². The number of hydrogen-bond acceptors (Lipinski definition) is 8. The second-order valence-electron chi connectivity index (χ2n) is 9.46. The first-order valence-corrected chi connectivity index (χ1v) is 12.6. The van der Waals surface area contributed by atoms with Crippen LogP contribution in [0.25, 0.3) is 5.65 Å². The quantitative estimate of drug-likeness (QED) is 0.600. The van der Waals surface area contributed by atoms with Gasteiger partial charge in [0.1, 0.15) is 5.82 Å². The van der Waals surface area contributed by atoms with Crippen molar-refractivity contribution in [2.24, 2.45) is 5.41 Å². The van der Waals surface area contributed by atoms with E-state index in [2.05, 4.69) is 26.2 Å². The molecule has 6 rings (SSSR count). The smallest absolute Gasteiger partial charge is 0.211 e. The Morgan fingerprint density at radius 3 is 2.67 bits per heavy atom. The fourth-order valence-electron chi connectivity index (χ4n) is 5.23. The van der Waals surface area contributed by atoms with Gasteiger partial charge in [-0.15, -0.1) is 0 Å². The molecule has 3 aromatic heterocycles. The van der Waals surface area contributed by atoms with Crippen LogP contribution in [0.1, 0.15) is 26.2 Å². The number of nitrogens with zero attached hydrogens (tertiary/aromatic N) is 6. The van der Waals surface area contributed by atoms with Gasteiger partial charge in [-0.25, -0.2) is 15.0 Å². The minimum absolute atomic E-state index is 0.310. The molecule has 3 aromatic rings. The first-order chi connectivity index (χ1) is 16.0. The van der Waals surface area contributed by atoms with Crippen molar-refractivity contribution in [1.29, 1.82) is 0 Å². The lowest BCUT2D eigenvalue weighted by molar-refractivity contribution is 0.0975. The Labute approximate surface area is 201 Å². The van der Waals surface area contributed by atoms with Crippen LogP contribution in [-0.2, 0) is 4.74 Å². The molecule has 0 unspecified atom stereocenters. The summed E-state index contributed by atoms with van der Waals surface area (Å²) in [5.74, 6) is 1.65. The van der Waals surface area contributed by atoms with Crippen molar-refractivity contribution < 1.29 is 9.84 Å². The maximum Gasteiger partial charge on any atom is 0.211 e. The number of aliphatic hydroxyl groups excluding tert-OH is 1. The second kappa shape index (κ2) is 8.30. The third-order valence-corrected chi connectivity index (χ3v) is 8.65. The maximum absolute atomic E-state index is 9.63. The van der Waals surface area contributed by atoms with Gasteiger partial charge in [0, 0.05) is 55.9 Å². The number of aromatic nitrogens is 4. The Morgan fingerprint density at radius 2 is 1.94 bits per heavy atom. The highest BCUT2D eigenvalue weighted by atomic mass is 35.5. The highest BCUT2D eigenvalue weighted by Gasteiger charge is 2.41. The van der Waals surface area contributed by atoms with E-state index in [4.69, 9.17) is 21.3 Å². The predicted molar refractivity (Wildman–Crippen MR) is 128 cm³/mol. The molecule has 6 heterocycles. The van der Waals surface area contributed by atoms with Crippen molar-refractivity contribution in [1.82, 2.24) is 19.4 Å². The van der Waals surface area contributed by atoms with Crippen molar-refractivity contribution in [2.75, 3.05) is 42.6 Å². The summed E-state index contributed by atoms with van der Waals surface area (Å²) in [7, 11) is 0. The number of piperidine rings is 1. The van der Waals surface area contributed by atoms with Crippen LogP contribution in [0.3, 0.4) is 0 Å². The van der Waals surface area contributed by atoms with E-state index in [0.717, 1.165) is 60.3 Å². The number of β-amino-alcohol motifs (C(OH)–C–C–N with tert-alkyl or cyclic N) is 1. The second-order valence-corrected chi connectivity index (χ2v) is 10.9. The van der Waals surface area contributed by atoms with E-state index in [9.17, 15) is 5.11 Å². The van der Waals surface area contributed by atoms with Gasteiger partial charge < -0.3 is 19.6 Å². The van der Waals surface area contributed by atoms with Crippen LogP contribution in [0.4, 0.5) is 11.8 Å². The van der Waals surface area contributed by atoms with Crippen LogP contribution in [-0.4, -0.2) is 69.5 Å². The zero-order chi connectivity index (χ0) is 22.6. The number of imidazole rings is 1. The zero-order valence-electron chi connectivity index (χ0n) is 18.5. The Balaban J connectivity index is 1.24. The third-order valence-electron chi connectivity index (χ3n) is 7.09. The summed E-state index contributed by atoms with van der Waals surface area (Å²) < 4.78 is 7.96. The Kier molecular flexibility index (Phi) is 5.40. The molecule has 0 radical (unpaired) electrons. The topological polar surface area (TPSA) is 79.0 Å². The zero-order valence-corrected chi connectivity index (χ0v) is 20.1. The van der Waals surface area contributed by atoms with Crippen LogP contribution in [0.2, 0.25) is 5.02 Å².